The van der Waals surface area contributed by atoms with Crippen LogP contribution in [0.3, 0.4) is 0 Å². The third kappa shape index (κ3) is 10.9. The van der Waals surface area contributed by atoms with Gasteiger partial charge in [0.1, 0.15) is 0 Å². The predicted molar refractivity (Wildman–Crippen MR) is 24.7 cm³/mol. The first-order valence-corrected chi connectivity index (χ1v) is 2.25. The van der Waals surface area contributed by atoms with E-state index in [0.717, 1.165) is 13.1 Å². The van der Waals surface area contributed by atoms with Gasteiger partial charge in [0.05, 0.1) is 0 Å². The Hall–Kier alpha value is 2.04. The Bertz CT molecular complexity index is 35.2. The Morgan fingerprint density at radius 1 is 1.25 bits per heavy atom. The van der Waals surface area contributed by atoms with E-state index in [1.165, 1.54) is 5.06 Å². The van der Waals surface area contributed by atoms with Gasteiger partial charge in [0.15, 0.2) is 0 Å². The number of rotatable bonds is 2. The molecule has 0 amide bonds. The van der Waals surface area contributed by atoms with Gasteiger partial charge < -0.3 is 22.2 Å². The quantitative estimate of drug-likeness (QED) is 0.362. The molecule has 0 radical (unpaired) electrons. The summed E-state index contributed by atoms with van der Waals surface area (Å²) < 4.78 is 0. The molecule has 0 aromatic carbocycles. The number of hydrogen-bond donors (Lipinski definition) is 1. The second kappa shape index (κ2) is 11.8. The summed E-state index contributed by atoms with van der Waals surface area (Å²) in [5.41, 5.74) is 0. The van der Waals surface area contributed by atoms with E-state index in [9.17, 15) is 0 Å². The monoisotopic (exact) mass is 207 g/mol. The summed E-state index contributed by atoms with van der Waals surface area (Å²) in [5.74, 6) is 0. The molecular weight excluding hydrogens is 197 g/mol. The van der Waals surface area contributed by atoms with Crippen molar-refractivity contribution in [3.05, 3.63) is 0 Å². The smallest absolute Gasteiger partial charge is 1.00 e. The normalized spacial score (nSPS) is 7.50. The van der Waals surface area contributed by atoms with Gasteiger partial charge in [-0.15, -0.1) is 0 Å². The summed E-state index contributed by atoms with van der Waals surface area (Å²) >= 11 is 0. The van der Waals surface area contributed by atoms with Gasteiger partial charge in [-0.05, 0) is 0 Å². The summed E-state index contributed by atoms with van der Waals surface area (Å²) in [5, 5.41) is 9.75. The van der Waals surface area contributed by atoms with Gasteiger partial charge in [-0.1, -0.05) is 13.8 Å². The van der Waals surface area contributed by atoms with E-state index < -0.39 is 0 Å². The third-order valence-corrected chi connectivity index (χ3v) is 0.730. The Morgan fingerprint density at radius 2 is 1.50 bits per heavy atom. The van der Waals surface area contributed by atoms with Gasteiger partial charge in [0.25, 0.3) is 0 Å². The van der Waals surface area contributed by atoms with Crippen LogP contribution in [-0.4, -0.2) is 23.4 Å². The van der Waals surface area contributed by atoms with Crippen molar-refractivity contribution in [1.29, 1.82) is 0 Å². The fourth-order valence-corrected chi connectivity index (χ4v) is 0.224. The molecule has 2 nitrogen and oxygen atoms in total. The first-order chi connectivity index (χ1) is 2.81. The molecule has 0 aliphatic heterocycles. The molecule has 4 heteroatoms. The first kappa shape index (κ1) is 16.6. The van der Waals surface area contributed by atoms with Crippen LogP contribution in [0.2, 0.25) is 0 Å². The molecule has 0 aromatic rings. The van der Waals surface area contributed by atoms with Crippen molar-refractivity contribution in [3.63, 3.8) is 0 Å². The molecule has 0 aromatic heterocycles. The molecule has 0 heterocycles. The maximum atomic E-state index is 8.50. The maximum absolute atomic E-state index is 8.50. The van der Waals surface area contributed by atoms with Gasteiger partial charge in [0, 0.05) is 13.1 Å². The van der Waals surface area contributed by atoms with Crippen molar-refractivity contribution in [2.75, 3.05) is 13.1 Å². The van der Waals surface area contributed by atoms with E-state index in [-0.39, 0.29) is 68.4 Å². The minimum atomic E-state index is 0. The first-order valence-electron chi connectivity index (χ1n) is 2.25. The summed E-state index contributed by atoms with van der Waals surface area (Å²) in [6, 6.07) is 0. The van der Waals surface area contributed by atoms with Gasteiger partial charge in [-0.2, -0.15) is 5.06 Å². The van der Waals surface area contributed by atoms with Gasteiger partial charge in [-0.25, -0.2) is 0 Å². The van der Waals surface area contributed by atoms with E-state index in [1.54, 1.807) is 0 Å². The predicted octanol–water partition coefficient (Wildman–Crippen LogP) is -5.27. The second-order valence-electron chi connectivity index (χ2n) is 1.14. The Kier molecular flexibility index (Phi) is 24.4. The van der Waals surface area contributed by atoms with Crippen molar-refractivity contribution in [3.8, 4) is 0 Å². The molecule has 0 saturated carbocycles. The van der Waals surface area contributed by atoms with E-state index >= 15 is 0 Å². The Labute approximate surface area is 104 Å². The fraction of sp³-hybridized carbons (Fsp3) is 1.00. The van der Waals surface area contributed by atoms with E-state index in [1.807, 2.05) is 13.8 Å². The molecule has 0 unspecified atom stereocenters. The van der Waals surface area contributed by atoms with E-state index in [4.69, 9.17) is 5.21 Å². The Morgan fingerprint density at radius 3 is 1.50 bits per heavy atom. The SMILES string of the molecule is CCN(O)CC.[Br-].[K+]. The summed E-state index contributed by atoms with van der Waals surface area (Å²) in [4.78, 5) is 0. The minimum Gasteiger partial charge on any atom is -1.00 e. The number of nitrogens with zero attached hydrogens (tertiary/aromatic N) is 1. The van der Waals surface area contributed by atoms with Gasteiger partial charge >= 0.3 is 51.4 Å². The molecule has 0 spiro atoms. The average molecular weight is 208 g/mol. The van der Waals surface area contributed by atoms with Gasteiger partial charge in [0.2, 0.25) is 0 Å². The van der Waals surface area contributed by atoms with Crippen LogP contribution in [-0.2, 0) is 0 Å². The Balaban J connectivity index is -0.000000125. The van der Waals surface area contributed by atoms with Crippen molar-refractivity contribution in [1.82, 2.24) is 5.06 Å². The van der Waals surface area contributed by atoms with E-state index in [0.29, 0.717) is 0 Å². The van der Waals surface area contributed by atoms with Crippen LogP contribution in [0, 0.1) is 0 Å². The van der Waals surface area contributed by atoms with E-state index in [2.05, 4.69) is 0 Å². The largest absolute Gasteiger partial charge is 1.00 e. The van der Waals surface area contributed by atoms with Gasteiger partial charge in [-0.3, -0.25) is 0 Å². The molecule has 0 bridgehead atoms. The molecule has 0 atom stereocenters. The zero-order valence-corrected chi connectivity index (χ0v) is 10.4. The number of hydrogen-bond acceptors (Lipinski definition) is 2. The average Bonchev–Trinajstić information content (AvgIpc) is 1.65. The van der Waals surface area contributed by atoms with Crippen LogP contribution in [0.5, 0.6) is 0 Å². The van der Waals surface area contributed by atoms with Crippen molar-refractivity contribution >= 4 is 0 Å². The maximum Gasteiger partial charge on any atom is 1.00 e. The number of halogens is 1. The van der Waals surface area contributed by atoms with Crippen molar-refractivity contribution < 1.29 is 73.6 Å². The number of hydroxylamine groups is 2. The molecule has 0 saturated heterocycles. The fourth-order valence-electron chi connectivity index (χ4n) is 0.224. The van der Waals surface area contributed by atoms with Crippen LogP contribution in [0.4, 0.5) is 0 Å². The van der Waals surface area contributed by atoms with Crippen LogP contribution < -0.4 is 68.4 Å². The summed E-state index contributed by atoms with van der Waals surface area (Å²) in [7, 11) is 0. The molecule has 0 aliphatic rings. The van der Waals surface area contributed by atoms with Crippen LogP contribution in [0.1, 0.15) is 13.8 Å². The molecular formula is C4H11BrKNO. The molecule has 0 fully saturated rings. The molecule has 46 valence electrons. The topological polar surface area (TPSA) is 23.5 Å². The molecule has 0 rings (SSSR count). The molecule has 1 N–H and O–H groups in total. The third-order valence-electron chi connectivity index (χ3n) is 0.730. The summed E-state index contributed by atoms with van der Waals surface area (Å²) in [6.45, 7) is 5.25. The van der Waals surface area contributed by atoms with Crippen molar-refractivity contribution in [2.24, 2.45) is 0 Å². The standard InChI is InChI=1S/C4H11NO.BrH.K/c1-3-5(6)4-2;;/h6H,3-4H2,1-2H3;1H;/q;;+1/p-1. The summed E-state index contributed by atoms with van der Waals surface area (Å²) in [6.07, 6.45) is 0. The minimum absolute atomic E-state index is 0. The van der Waals surface area contributed by atoms with Crippen LogP contribution in [0.25, 0.3) is 0 Å². The van der Waals surface area contributed by atoms with Crippen LogP contribution >= 0.6 is 0 Å². The van der Waals surface area contributed by atoms with Crippen LogP contribution in [0.15, 0.2) is 0 Å². The molecule has 0 aliphatic carbocycles. The second-order valence-corrected chi connectivity index (χ2v) is 1.14. The zero-order chi connectivity index (χ0) is 4.99. The molecule has 8 heavy (non-hydrogen) atoms. The zero-order valence-electron chi connectivity index (χ0n) is 5.69. The van der Waals surface area contributed by atoms with Crippen molar-refractivity contribution in [2.45, 2.75) is 13.8 Å².